The Morgan fingerprint density at radius 2 is 1.17 bits per heavy atom. The van der Waals surface area contributed by atoms with E-state index in [4.69, 9.17) is 6.42 Å². The van der Waals surface area contributed by atoms with Gasteiger partial charge in [-0.1, -0.05) is 27.7 Å². The molecule has 0 aromatic rings. The summed E-state index contributed by atoms with van der Waals surface area (Å²) in [5.41, 5.74) is 1.68. The molecule has 0 spiro atoms. The minimum atomic E-state index is -6.85. The molecule has 0 aliphatic carbocycles. The van der Waals surface area contributed by atoms with Crippen LogP contribution in [0.3, 0.4) is 0 Å². The lowest BCUT2D eigenvalue weighted by Gasteiger charge is -2.38. The summed E-state index contributed by atoms with van der Waals surface area (Å²) in [5.74, 6) is -19.0. The number of halogens is 9. The molecule has 0 saturated carbocycles. The SMILES string of the molecule is C#C[Si](CCC(F)(F)C(F)(F)C(F)(F)C(F)(F)F)(C(C)C)C(C)C. The van der Waals surface area contributed by atoms with Crippen LogP contribution >= 0.6 is 0 Å². The van der Waals surface area contributed by atoms with Crippen molar-refractivity contribution in [1.29, 1.82) is 0 Å². The second-order valence-corrected chi connectivity index (χ2v) is 11.5. The van der Waals surface area contributed by atoms with Crippen molar-refractivity contribution in [2.45, 2.75) is 75.2 Å². The number of terminal acetylenes is 1. The van der Waals surface area contributed by atoms with Gasteiger partial charge in [-0.15, -0.1) is 12.0 Å². The average molecular weight is 386 g/mol. The maximum Gasteiger partial charge on any atom is 0.460 e. The molecule has 0 bridgehead atoms. The summed E-state index contributed by atoms with van der Waals surface area (Å²) in [7, 11) is -3.03. The van der Waals surface area contributed by atoms with Crippen molar-refractivity contribution in [2.24, 2.45) is 0 Å². The van der Waals surface area contributed by atoms with Gasteiger partial charge in [-0.2, -0.15) is 39.5 Å². The van der Waals surface area contributed by atoms with Crippen LogP contribution in [-0.2, 0) is 0 Å². The van der Waals surface area contributed by atoms with Gasteiger partial charge in [0.05, 0.1) is 0 Å². The van der Waals surface area contributed by atoms with Gasteiger partial charge < -0.3 is 0 Å². The van der Waals surface area contributed by atoms with Crippen molar-refractivity contribution < 1.29 is 39.5 Å². The number of hydrogen-bond acceptors (Lipinski definition) is 0. The van der Waals surface area contributed by atoms with Gasteiger partial charge in [0, 0.05) is 6.42 Å². The minimum absolute atomic E-state index is 0.338. The molecule has 0 heterocycles. The normalized spacial score (nSPS) is 15.1. The summed E-state index contributed by atoms with van der Waals surface area (Å²) in [5, 5.41) is 0. The summed E-state index contributed by atoms with van der Waals surface area (Å²) < 4.78 is 116. The van der Waals surface area contributed by atoms with Crippen LogP contribution < -0.4 is 0 Å². The Kier molecular flexibility index (Phi) is 6.56. The summed E-state index contributed by atoms with van der Waals surface area (Å²) in [6.07, 6.45) is -3.28. The topological polar surface area (TPSA) is 0 Å². The monoisotopic (exact) mass is 386 g/mol. The fraction of sp³-hybridized carbons (Fsp3) is 0.857. The van der Waals surface area contributed by atoms with E-state index in [1.54, 1.807) is 27.7 Å². The van der Waals surface area contributed by atoms with Crippen LogP contribution in [0.1, 0.15) is 34.1 Å². The van der Waals surface area contributed by atoms with Gasteiger partial charge >= 0.3 is 23.9 Å². The Bertz CT molecular complexity index is 464. The number of hydrogen-bond donors (Lipinski definition) is 0. The molecule has 0 atom stereocenters. The van der Waals surface area contributed by atoms with Crippen LogP contribution in [0.5, 0.6) is 0 Å². The van der Waals surface area contributed by atoms with Crippen molar-refractivity contribution in [2.75, 3.05) is 0 Å². The molecule has 0 saturated heterocycles. The smallest absolute Gasteiger partial charge is 0.200 e. The first-order chi connectivity index (χ1) is 10.4. The lowest BCUT2D eigenvalue weighted by Crippen LogP contribution is -2.61. The predicted octanol–water partition coefficient (Wildman–Crippen LogP) is 6.29. The van der Waals surface area contributed by atoms with Crippen molar-refractivity contribution in [1.82, 2.24) is 0 Å². The highest BCUT2D eigenvalue weighted by Crippen LogP contribution is 2.55. The van der Waals surface area contributed by atoms with Gasteiger partial charge in [0.1, 0.15) is 8.07 Å². The van der Waals surface area contributed by atoms with Crippen molar-refractivity contribution >= 4 is 8.07 Å². The van der Waals surface area contributed by atoms with Crippen molar-refractivity contribution in [3.8, 4) is 12.0 Å². The number of alkyl halides is 9. The number of rotatable bonds is 7. The van der Waals surface area contributed by atoms with Crippen molar-refractivity contribution in [3.05, 3.63) is 0 Å². The molecule has 0 fully saturated rings. The van der Waals surface area contributed by atoms with E-state index in [0.29, 0.717) is 0 Å². The molecule has 142 valence electrons. The fourth-order valence-electron chi connectivity index (χ4n) is 2.58. The summed E-state index contributed by atoms with van der Waals surface area (Å²) in [6.45, 7) is 6.36. The third-order valence-corrected chi connectivity index (χ3v) is 10.1. The second kappa shape index (κ2) is 6.81. The molecule has 0 nitrogen and oxygen atoms in total. The lowest BCUT2D eigenvalue weighted by atomic mass is 10.0. The summed E-state index contributed by atoms with van der Waals surface area (Å²) in [6, 6.07) is -0.685. The van der Waals surface area contributed by atoms with Gasteiger partial charge in [0.2, 0.25) is 0 Å². The standard InChI is InChI=1S/C14H19F9Si/c1-6-24(9(2)3,10(4)5)8-7-11(15,16)12(17,18)13(19,20)14(21,22)23/h1,9-10H,7-8H2,2-5H3. The highest BCUT2D eigenvalue weighted by Gasteiger charge is 2.81. The van der Waals surface area contributed by atoms with E-state index in [9.17, 15) is 39.5 Å². The Balaban J connectivity index is 5.68. The quantitative estimate of drug-likeness (QED) is 0.274. The van der Waals surface area contributed by atoms with Crippen LogP contribution in [0.25, 0.3) is 0 Å². The van der Waals surface area contributed by atoms with Crippen LogP contribution in [-0.4, -0.2) is 32.0 Å². The Morgan fingerprint density at radius 3 is 1.42 bits per heavy atom. The van der Waals surface area contributed by atoms with E-state index < -0.39 is 44.5 Å². The molecular weight excluding hydrogens is 367 g/mol. The third-order valence-electron chi connectivity index (χ3n) is 4.39. The third kappa shape index (κ3) is 3.70. The molecule has 0 radical (unpaired) electrons. The van der Waals surface area contributed by atoms with E-state index in [0.717, 1.165) is 0 Å². The first-order valence-electron chi connectivity index (χ1n) is 7.08. The maximum absolute atomic E-state index is 13.6. The van der Waals surface area contributed by atoms with Gasteiger partial charge in [-0.05, 0) is 17.1 Å². The molecular formula is C14H19F9Si. The molecule has 0 aliphatic rings. The zero-order valence-corrected chi connectivity index (χ0v) is 14.5. The lowest BCUT2D eigenvalue weighted by molar-refractivity contribution is -0.396. The van der Waals surface area contributed by atoms with E-state index in [-0.39, 0.29) is 11.1 Å². The van der Waals surface area contributed by atoms with Crippen LogP contribution in [0.4, 0.5) is 39.5 Å². The molecule has 0 aromatic carbocycles. The van der Waals surface area contributed by atoms with Crippen LogP contribution in [0.15, 0.2) is 0 Å². The molecule has 0 aliphatic heterocycles. The molecule has 0 N–H and O–H groups in total. The fourth-order valence-corrected chi connectivity index (χ4v) is 6.60. The van der Waals surface area contributed by atoms with Crippen LogP contribution in [0, 0.1) is 12.0 Å². The van der Waals surface area contributed by atoms with E-state index in [1.807, 2.05) is 0 Å². The van der Waals surface area contributed by atoms with Gasteiger partial charge in [0.15, 0.2) is 0 Å². The Morgan fingerprint density at radius 1 is 0.792 bits per heavy atom. The molecule has 0 rings (SSSR count). The van der Waals surface area contributed by atoms with Crippen molar-refractivity contribution in [3.63, 3.8) is 0 Å². The molecule has 0 aromatic heterocycles. The largest absolute Gasteiger partial charge is 0.460 e. The highest BCUT2D eigenvalue weighted by molar-refractivity contribution is 6.89. The maximum atomic E-state index is 13.6. The Hall–Kier alpha value is -0.853. The molecule has 10 heteroatoms. The predicted molar refractivity (Wildman–Crippen MR) is 75.1 cm³/mol. The van der Waals surface area contributed by atoms with E-state index >= 15 is 0 Å². The summed E-state index contributed by atoms with van der Waals surface area (Å²) in [4.78, 5) is 0. The van der Waals surface area contributed by atoms with Crippen LogP contribution in [0.2, 0.25) is 17.1 Å². The minimum Gasteiger partial charge on any atom is -0.200 e. The van der Waals surface area contributed by atoms with E-state index in [2.05, 4.69) is 5.54 Å². The van der Waals surface area contributed by atoms with Gasteiger partial charge in [-0.25, -0.2) is 0 Å². The zero-order chi connectivity index (χ0) is 19.8. The zero-order valence-electron chi connectivity index (χ0n) is 13.5. The average Bonchev–Trinajstić information content (AvgIpc) is 2.37. The van der Waals surface area contributed by atoms with Gasteiger partial charge in [0.25, 0.3) is 0 Å². The second-order valence-electron chi connectivity index (χ2n) is 6.35. The highest BCUT2D eigenvalue weighted by atomic mass is 28.3. The molecule has 0 unspecified atom stereocenters. The molecule has 0 amide bonds. The summed E-state index contributed by atoms with van der Waals surface area (Å²) >= 11 is 0. The first kappa shape index (κ1) is 23.1. The van der Waals surface area contributed by atoms with E-state index in [1.165, 1.54) is 0 Å². The Labute approximate surface area is 135 Å². The van der Waals surface area contributed by atoms with Gasteiger partial charge in [-0.3, -0.25) is 0 Å². The first-order valence-corrected chi connectivity index (χ1v) is 9.45. The molecule has 24 heavy (non-hydrogen) atoms.